The van der Waals surface area contributed by atoms with Gasteiger partial charge in [-0.1, -0.05) is 17.7 Å². The fourth-order valence-electron chi connectivity index (χ4n) is 5.39. The summed E-state index contributed by atoms with van der Waals surface area (Å²) in [5, 5.41) is 3.84. The number of nitrogens with one attached hydrogen (secondary N) is 1. The van der Waals surface area contributed by atoms with Gasteiger partial charge >= 0.3 is 0 Å². The minimum absolute atomic E-state index is 0.168. The molecule has 8 heteroatoms. The van der Waals surface area contributed by atoms with E-state index in [9.17, 15) is 9.18 Å². The molecule has 3 fully saturated rings. The number of carbonyl (C=O) groups excluding carboxylic acids is 1. The third kappa shape index (κ3) is 6.22. The quantitative estimate of drug-likeness (QED) is 0.569. The van der Waals surface area contributed by atoms with E-state index in [0.717, 1.165) is 64.3 Å². The molecule has 5 rings (SSSR count). The average molecular weight is 496 g/mol. The second-order valence-electron chi connectivity index (χ2n) is 10.6. The molecule has 1 N–H and O–H groups in total. The van der Waals surface area contributed by atoms with Crippen LogP contribution in [0.15, 0.2) is 36.5 Å². The molecular weight excluding hydrogens is 457 g/mol. The van der Waals surface area contributed by atoms with E-state index >= 15 is 0 Å². The van der Waals surface area contributed by atoms with Gasteiger partial charge in [-0.05, 0) is 57.0 Å². The number of piperazine rings is 1. The lowest BCUT2D eigenvalue weighted by atomic mass is 10.0. The highest BCUT2D eigenvalue weighted by atomic mass is 19.1. The second-order valence-corrected chi connectivity index (χ2v) is 10.6. The van der Waals surface area contributed by atoms with E-state index in [1.807, 2.05) is 17.0 Å². The van der Waals surface area contributed by atoms with Gasteiger partial charge in [0.05, 0.1) is 6.54 Å². The number of hydrogen-bond donors (Lipinski definition) is 1. The first-order valence-corrected chi connectivity index (χ1v) is 13.2. The highest BCUT2D eigenvalue weighted by molar-refractivity contribution is 5.78. The standard InChI is InChI=1S/C28H38FN5O2/c1-20-5-6-26(36-19-21-4-3-9-30-28(21)29)24(16-20)23-17-25(23)31-22-7-10-34(11-8-22)27(35)18-33-14-12-32(2)13-15-33/h3-6,9,16,22-23,25,31H,7-8,10-15,17-19H2,1-2H3/t23-,25+/m0/s1. The number of pyridine rings is 1. The Labute approximate surface area is 213 Å². The third-order valence-electron chi connectivity index (χ3n) is 7.83. The maximum absolute atomic E-state index is 13.9. The lowest BCUT2D eigenvalue weighted by Crippen LogP contribution is -2.51. The molecule has 0 unspecified atom stereocenters. The fourth-order valence-corrected chi connectivity index (χ4v) is 5.39. The maximum Gasteiger partial charge on any atom is 0.236 e. The number of likely N-dealkylation sites (N-methyl/N-ethyl adjacent to an activating group) is 1. The van der Waals surface area contributed by atoms with E-state index in [0.29, 0.717) is 30.1 Å². The molecule has 194 valence electrons. The molecule has 2 atom stereocenters. The third-order valence-corrected chi connectivity index (χ3v) is 7.83. The predicted octanol–water partition coefficient (Wildman–Crippen LogP) is 2.79. The Morgan fingerprint density at radius 1 is 1.14 bits per heavy atom. The van der Waals surface area contributed by atoms with Crippen LogP contribution in [0, 0.1) is 12.9 Å². The highest BCUT2D eigenvalue weighted by Crippen LogP contribution is 2.46. The monoisotopic (exact) mass is 495 g/mol. The van der Waals surface area contributed by atoms with Crippen LogP contribution >= 0.6 is 0 Å². The summed E-state index contributed by atoms with van der Waals surface area (Å²) in [4.78, 5) is 23.1. The smallest absolute Gasteiger partial charge is 0.236 e. The Hall–Kier alpha value is -2.55. The van der Waals surface area contributed by atoms with E-state index in [1.165, 1.54) is 17.3 Å². The largest absolute Gasteiger partial charge is 0.488 e. The molecule has 2 aliphatic heterocycles. The lowest BCUT2D eigenvalue weighted by molar-refractivity contribution is -0.133. The Morgan fingerprint density at radius 3 is 2.67 bits per heavy atom. The van der Waals surface area contributed by atoms with Crippen LogP contribution in [0.25, 0.3) is 0 Å². The maximum atomic E-state index is 13.9. The number of benzene rings is 1. The van der Waals surface area contributed by atoms with Crippen molar-refractivity contribution in [1.29, 1.82) is 0 Å². The topological polar surface area (TPSA) is 60.9 Å². The Bertz CT molecular complexity index is 1050. The molecule has 0 spiro atoms. The van der Waals surface area contributed by atoms with E-state index in [-0.39, 0.29) is 12.5 Å². The summed E-state index contributed by atoms with van der Waals surface area (Å²) in [6.07, 6.45) is 4.51. The molecule has 0 radical (unpaired) electrons. The second kappa shape index (κ2) is 11.2. The van der Waals surface area contributed by atoms with Gasteiger partial charge in [0.1, 0.15) is 12.4 Å². The van der Waals surface area contributed by atoms with Crippen molar-refractivity contribution in [2.24, 2.45) is 0 Å². The van der Waals surface area contributed by atoms with E-state index in [1.54, 1.807) is 12.1 Å². The molecule has 7 nitrogen and oxygen atoms in total. The SMILES string of the molecule is Cc1ccc(OCc2cccnc2F)c([C@@H]2C[C@H]2NC2CCN(C(=O)CN3CCN(C)CC3)CC2)c1. The number of rotatable bonds is 8. The van der Waals surface area contributed by atoms with Crippen molar-refractivity contribution in [1.82, 2.24) is 25.0 Å². The first kappa shape index (κ1) is 25.1. The minimum atomic E-state index is -0.481. The molecule has 2 saturated heterocycles. The zero-order valence-corrected chi connectivity index (χ0v) is 21.5. The summed E-state index contributed by atoms with van der Waals surface area (Å²) in [7, 11) is 2.14. The minimum Gasteiger partial charge on any atom is -0.488 e. The van der Waals surface area contributed by atoms with Gasteiger partial charge in [-0.2, -0.15) is 4.39 Å². The first-order valence-electron chi connectivity index (χ1n) is 13.2. The average Bonchev–Trinajstić information content (AvgIpc) is 3.64. The molecule has 1 aliphatic carbocycles. The zero-order chi connectivity index (χ0) is 25.1. The van der Waals surface area contributed by atoms with Crippen molar-refractivity contribution in [3.05, 3.63) is 59.2 Å². The Morgan fingerprint density at radius 2 is 1.92 bits per heavy atom. The van der Waals surface area contributed by atoms with Gasteiger partial charge in [0.15, 0.2) is 0 Å². The number of amides is 1. The van der Waals surface area contributed by atoms with Crippen LogP contribution in [0.4, 0.5) is 4.39 Å². The number of ether oxygens (including phenoxy) is 1. The Kier molecular flexibility index (Phi) is 7.84. The van der Waals surface area contributed by atoms with Gasteiger partial charge in [0.25, 0.3) is 0 Å². The fraction of sp³-hybridized carbons (Fsp3) is 0.571. The highest BCUT2D eigenvalue weighted by Gasteiger charge is 2.41. The molecule has 1 amide bonds. The van der Waals surface area contributed by atoms with Crippen LogP contribution in [0.5, 0.6) is 5.75 Å². The number of hydrogen-bond acceptors (Lipinski definition) is 6. The Balaban J connectivity index is 1.10. The number of likely N-dealkylation sites (tertiary alicyclic amines) is 1. The number of piperidine rings is 1. The summed E-state index contributed by atoms with van der Waals surface area (Å²) < 4.78 is 20.0. The first-order chi connectivity index (χ1) is 17.5. The van der Waals surface area contributed by atoms with Gasteiger partial charge in [-0.15, -0.1) is 0 Å². The summed E-state index contributed by atoms with van der Waals surface area (Å²) in [6.45, 7) is 8.50. The molecule has 1 aromatic carbocycles. The van der Waals surface area contributed by atoms with Crippen LogP contribution in [0.3, 0.4) is 0 Å². The summed E-state index contributed by atoms with van der Waals surface area (Å²) in [5.41, 5.74) is 2.85. The van der Waals surface area contributed by atoms with Gasteiger partial charge in [0.2, 0.25) is 11.9 Å². The molecule has 1 saturated carbocycles. The molecule has 0 bridgehead atoms. The summed E-state index contributed by atoms with van der Waals surface area (Å²) in [5.74, 6) is 1.01. The van der Waals surface area contributed by atoms with Gasteiger partial charge in [0, 0.05) is 69.0 Å². The molecule has 3 aliphatic rings. The van der Waals surface area contributed by atoms with E-state index < -0.39 is 5.95 Å². The number of carbonyl (C=O) groups is 1. The van der Waals surface area contributed by atoms with Crippen LogP contribution < -0.4 is 10.1 Å². The summed E-state index contributed by atoms with van der Waals surface area (Å²) in [6, 6.07) is 10.5. The van der Waals surface area contributed by atoms with Crippen molar-refractivity contribution in [3.8, 4) is 5.75 Å². The lowest BCUT2D eigenvalue weighted by Gasteiger charge is -2.36. The molecule has 36 heavy (non-hydrogen) atoms. The van der Waals surface area contributed by atoms with Gasteiger partial charge in [-0.3, -0.25) is 9.69 Å². The number of halogens is 1. The van der Waals surface area contributed by atoms with Crippen molar-refractivity contribution in [2.45, 2.75) is 50.8 Å². The normalized spacial score (nSPS) is 23.6. The van der Waals surface area contributed by atoms with Crippen molar-refractivity contribution in [2.75, 3.05) is 52.9 Å². The molecular formula is C28H38FN5O2. The van der Waals surface area contributed by atoms with Crippen LogP contribution in [0.1, 0.15) is 41.9 Å². The number of aromatic nitrogens is 1. The van der Waals surface area contributed by atoms with Gasteiger partial charge in [-0.25, -0.2) is 4.98 Å². The van der Waals surface area contributed by atoms with Crippen molar-refractivity contribution < 1.29 is 13.9 Å². The number of aryl methyl sites for hydroxylation is 1. The van der Waals surface area contributed by atoms with Crippen molar-refractivity contribution in [3.63, 3.8) is 0 Å². The van der Waals surface area contributed by atoms with Crippen molar-refractivity contribution >= 4 is 5.91 Å². The van der Waals surface area contributed by atoms with Crippen LogP contribution in [-0.2, 0) is 11.4 Å². The number of nitrogens with zero attached hydrogens (tertiary/aromatic N) is 4. The van der Waals surface area contributed by atoms with E-state index in [4.69, 9.17) is 4.74 Å². The van der Waals surface area contributed by atoms with E-state index in [2.05, 4.69) is 40.1 Å². The molecule has 3 heterocycles. The molecule has 1 aromatic heterocycles. The van der Waals surface area contributed by atoms with Gasteiger partial charge < -0.3 is 19.9 Å². The summed E-state index contributed by atoms with van der Waals surface area (Å²) >= 11 is 0. The molecule has 2 aromatic rings. The van der Waals surface area contributed by atoms with Crippen LogP contribution in [0.2, 0.25) is 0 Å². The van der Waals surface area contributed by atoms with Crippen LogP contribution in [-0.4, -0.2) is 90.5 Å². The zero-order valence-electron chi connectivity index (χ0n) is 21.5. The predicted molar refractivity (Wildman–Crippen MR) is 138 cm³/mol.